The number of carbonyl (C=O) groups excluding carboxylic acids is 2. The molecule has 0 aliphatic carbocycles. The molecular weight excluding hydrogens is 462 g/mol. The van der Waals surface area contributed by atoms with Crippen molar-refractivity contribution in [1.82, 2.24) is 10.2 Å². The Bertz CT molecular complexity index is 1090. The normalized spacial score (nSPS) is 17.5. The van der Waals surface area contributed by atoms with Gasteiger partial charge >= 0.3 is 12.6 Å². The Hall–Kier alpha value is -3.69. The van der Waals surface area contributed by atoms with Crippen LogP contribution in [0.3, 0.4) is 0 Å². The van der Waals surface area contributed by atoms with Crippen molar-refractivity contribution in [2.24, 2.45) is 0 Å². The zero-order chi connectivity index (χ0) is 25.7. The highest BCUT2D eigenvalue weighted by atomic mass is 19.3. The maximum absolute atomic E-state index is 12.8. The fourth-order valence-corrected chi connectivity index (χ4v) is 4.16. The van der Waals surface area contributed by atoms with E-state index in [-0.39, 0.29) is 53.1 Å². The van der Waals surface area contributed by atoms with Gasteiger partial charge in [0.2, 0.25) is 5.91 Å². The smallest absolute Gasteiger partial charge is 0.387 e. The van der Waals surface area contributed by atoms with Crippen LogP contribution in [0.15, 0.2) is 42.5 Å². The van der Waals surface area contributed by atoms with E-state index in [9.17, 15) is 23.2 Å². The Morgan fingerprint density at radius 3 is 2.43 bits per heavy atom. The van der Waals surface area contributed by atoms with E-state index in [1.54, 1.807) is 30.9 Å². The first kappa shape index (κ1) is 25.9. The van der Waals surface area contributed by atoms with Crippen molar-refractivity contribution in [3.63, 3.8) is 0 Å². The quantitative estimate of drug-likeness (QED) is 0.552. The van der Waals surface area contributed by atoms with Crippen molar-refractivity contribution in [1.29, 1.82) is 0 Å². The summed E-state index contributed by atoms with van der Waals surface area (Å²) >= 11 is 0. The second kappa shape index (κ2) is 11.2. The van der Waals surface area contributed by atoms with E-state index in [2.05, 4.69) is 10.1 Å². The van der Waals surface area contributed by atoms with Crippen LogP contribution in [0.2, 0.25) is 0 Å². The first-order valence-corrected chi connectivity index (χ1v) is 11.2. The number of hydrogen-bond donors (Lipinski definition) is 2. The Morgan fingerprint density at radius 1 is 1.09 bits per heavy atom. The number of benzene rings is 2. The molecule has 0 spiro atoms. The molecule has 1 unspecified atom stereocenters. The fraction of sp³-hybridized carbons (Fsp3) is 0.400. The molecule has 3 rings (SSSR count). The molecule has 0 radical (unpaired) electrons. The van der Waals surface area contributed by atoms with Gasteiger partial charge in [0.25, 0.3) is 5.91 Å². The number of hydrogen-bond acceptors (Lipinski definition) is 5. The van der Waals surface area contributed by atoms with Gasteiger partial charge in [-0.3, -0.25) is 9.59 Å². The molecule has 10 heteroatoms. The zero-order valence-electron chi connectivity index (χ0n) is 19.7. The summed E-state index contributed by atoms with van der Waals surface area (Å²) in [5, 5.41) is 11.9. The lowest BCUT2D eigenvalue weighted by Crippen LogP contribution is -2.42. The maximum atomic E-state index is 12.8. The Balaban J connectivity index is 1.74. The van der Waals surface area contributed by atoms with Gasteiger partial charge in [0.1, 0.15) is 0 Å². The number of carbonyl (C=O) groups is 3. The average molecular weight is 491 g/mol. The number of ether oxygens (including phenoxy) is 2. The molecule has 1 fully saturated rings. The summed E-state index contributed by atoms with van der Waals surface area (Å²) in [6.45, 7) is 2.57. The van der Waals surface area contributed by atoms with Crippen LogP contribution in [0.1, 0.15) is 59.4 Å². The molecule has 2 aromatic carbocycles. The summed E-state index contributed by atoms with van der Waals surface area (Å²) in [6, 6.07) is 10.2. The van der Waals surface area contributed by atoms with Gasteiger partial charge in [-0.2, -0.15) is 8.78 Å². The van der Waals surface area contributed by atoms with Crippen LogP contribution < -0.4 is 14.8 Å². The molecule has 2 N–H and O–H groups in total. The summed E-state index contributed by atoms with van der Waals surface area (Å²) in [5.74, 6) is -1.70. The molecule has 2 amide bonds. The number of aromatic carboxylic acids is 1. The number of amides is 2. The van der Waals surface area contributed by atoms with Gasteiger partial charge in [-0.1, -0.05) is 12.1 Å². The molecule has 1 heterocycles. The number of carboxylic acids is 1. The van der Waals surface area contributed by atoms with E-state index < -0.39 is 18.5 Å². The molecule has 1 saturated heterocycles. The van der Waals surface area contributed by atoms with E-state index in [1.807, 2.05) is 0 Å². The third kappa shape index (κ3) is 6.68. The lowest BCUT2D eigenvalue weighted by molar-refractivity contribution is -0.129. The van der Waals surface area contributed by atoms with Gasteiger partial charge in [0.15, 0.2) is 11.5 Å². The average Bonchev–Trinajstić information content (AvgIpc) is 3.22. The largest absolute Gasteiger partial charge is 0.487 e. The van der Waals surface area contributed by atoms with Gasteiger partial charge in [-0.25, -0.2) is 4.79 Å². The summed E-state index contributed by atoms with van der Waals surface area (Å²) in [4.78, 5) is 37.7. The SMILES string of the molecule is CC(=O)N1CC(c2ccc(OC(F)F)c(OC(C)C)c2)C[C@@H]1CNC(=O)c1cccc(C(=O)O)c1. The highest BCUT2D eigenvalue weighted by Crippen LogP contribution is 2.37. The minimum atomic E-state index is -2.99. The molecule has 0 aromatic heterocycles. The van der Waals surface area contributed by atoms with Crippen LogP contribution in [0, 0.1) is 0 Å². The number of likely N-dealkylation sites (tertiary alicyclic amines) is 1. The van der Waals surface area contributed by atoms with Crippen molar-refractivity contribution in [3.05, 3.63) is 59.2 Å². The highest BCUT2D eigenvalue weighted by Gasteiger charge is 2.35. The number of nitrogens with one attached hydrogen (secondary N) is 1. The highest BCUT2D eigenvalue weighted by molar-refractivity contribution is 5.97. The zero-order valence-corrected chi connectivity index (χ0v) is 19.7. The molecule has 1 aliphatic rings. The van der Waals surface area contributed by atoms with Gasteiger partial charge in [-0.15, -0.1) is 0 Å². The van der Waals surface area contributed by atoms with Crippen LogP contribution >= 0.6 is 0 Å². The molecule has 1 aliphatic heterocycles. The number of alkyl halides is 2. The van der Waals surface area contributed by atoms with Crippen LogP contribution in [0.25, 0.3) is 0 Å². The first-order valence-electron chi connectivity index (χ1n) is 11.2. The topological polar surface area (TPSA) is 105 Å². The number of halogens is 2. The molecule has 188 valence electrons. The summed E-state index contributed by atoms with van der Waals surface area (Å²) < 4.78 is 35.8. The molecule has 8 nitrogen and oxygen atoms in total. The summed E-state index contributed by atoms with van der Waals surface area (Å²) in [7, 11) is 0. The summed E-state index contributed by atoms with van der Waals surface area (Å²) in [6.07, 6.45) is 0.274. The van der Waals surface area contributed by atoms with E-state index in [1.165, 1.54) is 37.3 Å². The maximum Gasteiger partial charge on any atom is 0.387 e. The van der Waals surface area contributed by atoms with Gasteiger partial charge in [0, 0.05) is 37.5 Å². The molecule has 0 bridgehead atoms. The number of carboxylic acid groups (broad SMARTS) is 1. The fourth-order valence-electron chi connectivity index (χ4n) is 4.16. The van der Waals surface area contributed by atoms with Crippen molar-refractivity contribution < 1.29 is 37.7 Å². The second-order valence-corrected chi connectivity index (χ2v) is 8.61. The lowest BCUT2D eigenvalue weighted by atomic mass is 9.96. The van der Waals surface area contributed by atoms with E-state index in [4.69, 9.17) is 9.84 Å². The third-order valence-corrected chi connectivity index (χ3v) is 5.71. The Labute approximate surface area is 201 Å². The predicted octanol–water partition coefficient (Wildman–Crippen LogP) is 3.91. The number of rotatable bonds is 9. The van der Waals surface area contributed by atoms with E-state index in [0.717, 1.165) is 5.56 Å². The van der Waals surface area contributed by atoms with Crippen LogP contribution in [-0.2, 0) is 4.79 Å². The van der Waals surface area contributed by atoms with E-state index >= 15 is 0 Å². The van der Waals surface area contributed by atoms with Gasteiger partial charge in [-0.05, 0) is 56.2 Å². The van der Waals surface area contributed by atoms with Crippen molar-refractivity contribution in [3.8, 4) is 11.5 Å². The minimum Gasteiger partial charge on any atom is -0.487 e. The monoisotopic (exact) mass is 490 g/mol. The summed E-state index contributed by atoms with van der Waals surface area (Å²) in [5.41, 5.74) is 1.01. The second-order valence-electron chi connectivity index (χ2n) is 8.61. The number of nitrogens with zero attached hydrogens (tertiary/aromatic N) is 1. The molecule has 35 heavy (non-hydrogen) atoms. The van der Waals surface area contributed by atoms with E-state index in [0.29, 0.717) is 13.0 Å². The van der Waals surface area contributed by atoms with Gasteiger partial charge < -0.3 is 24.8 Å². The van der Waals surface area contributed by atoms with Crippen LogP contribution in [0.5, 0.6) is 11.5 Å². The minimum absolute atomic E-state index is 0.00244. The molecular formula is C25H28F2N2O6. The standard InChI is InChI=1S/C25H28F2N2O6/c1-14(2)34-22-11-16(7-8-21(22)35-25(26)27)19-10-20(29(13-19)15(3)30)12-28-23(31)17-5-4-6-18(9-17)24(32)33/h4-9,11,14,19-20,25H,10,12-13H2,1-3H3,(H,28,31)(H,32,33)/t19?,20-/m1/s1. The van der Waals surface area contributed by atoms with Crippen LogP contribution in [-0.4, -0.2) is 59.6 Å². The lowest BCUT2D eigenvalue weighted by Gasteiger charge is -2.23. The Morgan fingerprint density at radius 2 is 1.80 bits per heavy atom. The first-order chi connectivity index (χ1) is 16.5. The van der Waals surface area contributed by atoms with Crippen LogP contribution in [0.4, 0.5) is 8.78 Å². The van der Waals surface area contributed by atoms with Crippen molar-refractivity contribution >= 4 is 17.8 Å². The van der Waals surface area contributed by atoms with Crippen molar-refractivity contribution in [2.45, 2.75) is 51.9 Å². The molecule has 2 atom stereocenters. The van der Waals surface area contributed by atoms with Gasteiger partial charge in [0.05, 0.1) is 11.7 Å². The molecule has 2 aromatic rings. The predicted molar refractivity (Wildman–Crippen MR) is 123 cm³/mol. The Kier molecular flexibility index (Phi) is 8.26. The van der Waals surface area contributed by atoms with Crippen molar-refractivity contribution in [2.75, 3.05) is 13.1 Å². The third-order valence-electron chi connectivity index (χ3n) is 5.71. The molecule has 0 saturated carbocycles.